The number of hydrogen-bond acceptors (Lipinski definition) is 3. The summed E-state index contributed by atoms with van der Waals surface area (Å²) >= 11 is 0. The molecule has 0 saturated carbocycles. The van der Waals surface area contributed by atoms with Gasteiger partial charge in [0.25, 0.3) is 5.91 Å². The molecule has 3 rings (SSSR count). The molecule has 142 valence electrons. The van der Waals surface area contributed by atoms with Crippen molar-refractivity contribution in [3.63, 3.8) is 0 Å². The molecule has 0 N–H and O–H groups in total. The Labute approximate surface area is 165 Å². The molecule has 4 heteroatoms. The van der Waals surface area contributed by atoms with Gasteiger partial charge in [-0.25, -0.2) is 0 Å². The molecule has 0 fully saturated rings. The van der Waals surface area contributed by atoms with E-state index in [0.717, 1.165) is 5.56 Å². The third-order valence-corrected chi connectivity index (χ3v) is 4.48. The van der Waals surface area contributed by atoms with E-state index in [4.69, 9.17) is 4.74 Å². The molecule has 0 unspecified atom stereocenters. The monoisotopic (exact) mass is 373 g/mol. The minimum Gasteiger partial charge on any atom is -0.484 e. The Bertz CT molecular complexity index is 932. The molecule has 0 aliphatic heterocycles. The van der Waals surface area contributed by atoms with E-state index in [1.165, 1.54) is 5.56 Å². The lowest BCUT2D eigenvalue weighted by Crippen LogP contribution is -2.30. The van der Waals surface area contributed by atoms with E-state index in [0.29, 0.717) is 23.4 Å². The summed E-state index contributed by atoms with van der Waals surface area (Å²) < 4.78 is 5.58. The molecule has 3 aromatic carbocycles. The molecule has 0 spiro atoms. The van der Waals surface area contributed by atoms with Gasteiger partial charge >= 0.3 is 0 Å². The second-order valence-electron chi connectivity index (χ2n) is 6.74. The Balaban J connectivity index is 1.53. The lowest BCUT2D eigenvalue weighted by Gasteiger charge is -2.17. The van der Waals surface area contributed by atoms with Gasteiger partial charge in [0.2, 0.25) is 0 Å². The van der Waals surface area contributed by atoms with Crippen LogP contribution < -0.4 is 4.74 Å². The van der Waals surface area contributed by atoms with Gasteiger partial charge in [0.1, 0.15) is 5.75 Å². The average molecular weight is 373 g/mol. The molecule has 3 aromatic rings. The molecular formula is C24H23NO3. The predicted octanol–water partition coefficient (Wildman–Crippen LogP) is 4.26. The fourth-order valence-corrected chi connectivity index (χ4v) is 2.77. The van der Waals surface area contributed by atoms with E-state index >= 15 is 0 Å². The van der Waals surface area contributed by atoms with E-state index in [1.807, 2.05) is 49.4 Å². The first-order valence-electron chi connectivity index (χ1n) is 9.15. The summed E-state index contributed by atoms with van der Waals surface area (Å²) in [6.07, 6.45) is 0. The van der Waals surface area contributed by atoms with Crippen molar-refractivity contribution < 1.29 is 14.3 Å². The minimum atomic E-state index is -0.106. The van der Waals surface area contributed by atoms with Crippen molar-refractivity contribution in [2.75, 3.05) is 13.7 Å². The molecular weight excluding hydrogens is 350 g/mol. The van der Waals surface area contributed by atoms with Gasteiger partial charge in [-0.3, -0.25) is 9.59 Å². The third kappa shape index (κ3) is 5.07. The highest BCUT2D eigenvalue weighted by molar-refractivity contribution is 6.08. The van der Waals surface area contributed by atoms with Crippen LogP contribution in [0.25, 0.3) is 0 Å². The van der Waals surface area contributed by atoms with Crippen LogP contribution in [0.2, 0.25) is 0 Å². The lowest BCUT2D eigenvalue weighted by molar-refractivity contribution is -0.132. The summed E-state index contributed by atoms with van der Waals surface area (Å²) in [6.45, 7) is 2.52. The Hall–Kier alpha value is -3.40. The van der Waals surface area contributed by atoms with Crippen molar-refractivity contribution in [1.82, 2.24) is 4.90 Å². The number of rotatable bonds is 7. The van der Waals surface area contributed by atoms with Crippen LogP contribution in [0.1, 0.15) is 27.0 Å². The van der Waals surface area contributed by atoms with E-state index in [-0.39, 0.29) is 18.3 Å². The van der Waals surface area contributed by atoms with Gasteiger partial charge in [-0.1, -0.05) is 60.2 Å². The highest BCUT2D eigenvalue weighted by atomic mass is 16.5. The SMILES string of the molecule is Cc1ccc(CN(C)C(=O)COc2ccc(C(=O)c3ccccc3)cc2)cc1. The molecule has 0 atom stereocenters. The van der Waals surface area contributed by atoms with Gasteiger partial charge in [0.15, 0.2) is 12.4 Å². The zero-order valence-corrected chi connectivity index (χ0v) is 16.1. The number of benzene rings is 3. The third-order valence-electron chi connectivity index (χ3n) is 4.48. The normalized spacial score (nSPS) is 10.4. The number of carbonyl (C=O) groups is 2. The standard InChI is InChI=1S/C24H23NO3/c1-18-8-10-19(11-9-18)16-25(2)23(26)17-28-22-14-12-21(13-15-22)24(27)20-6-4-3-5-7-20/h3-15H,16-17H2,1-2H3. The quantitative estimate of drug-likeness (QED) is 0.581. The summed E-state index contributed by atoms with van der Waals surface area (Å²) in [4.78, 5) is 26.3. The lowest BCUT2D eigenvalue weighted by atomic mass is 10.0. The summed E-state index contributed by atoms with van der Waals surface area (Å²) in [7, 11) is 1.76. The minimum absolute atomic E-state index is 0.0407. The average Bonchev–Trinajstić information content (AvgIpc) is 2.74. The summed E-state index contributed by atoms with van der Waals surface area (Å²) in [6, 6.07) is 24.1. The zero-order valence-electron chi connectivity index (χ0n) is 16.1. The molecule has 0 bridgehead atoms. The number of nitrogens with zero attached hydrogens (tertiary/aromatic N) is 1. The maximum Gasteiger partial charge on any atom is 0.260 e. The number of likely N-dealkylation sites (N-methyl/N-ethyl adjacent to an activating group) is 1. The molecule has 1 amide bonds. The predicted molar refractivity (Wildman–Crippen MR) is 109 cm³/mol. The maximum absolute atomic E-state index is 12.4. The molecule has 0 aromatic heterocycles. The van der Waals surface area contributed by atoms with Crippen LogP contribution >= 0.6 is 0 Å². The van der Waals surface area contributed by atoms with E-state index in [1.54, 1.807) is 48.3 Å². The highest BCUT2D eigenvalue weighted by Gasteiger charge is 2.12. The molecule has 0 radical (unpaired) electrons. The first kappa shape index (κ1) is 19.4. The fraction of sp³-hybridized carbons (Fsp3) is 0.167. The Morgan fingerprint density at radius 3 is 2.07 bits per heavy atom. The number of carbonyl (C=O) groups excluding carboxylic acids is 2. The van der Waals surface area contributed by atoms with E-state index in [2.05, 4.69) is 0 Å². The van der Waals surface area contributed by atoms with Crippen molar-refractivity contribution in [3.05, 3.63) is 101 Å². The van der Waals surface area contributed by atoms with Crippen molar-refractivity contribution in [3.8, 4) is 5.75 Å². The molecule has 0 saturated heterocycles. The topological polar surface area (TPSA) is 46.6 Å². The van der Waals surface area contributed by atoms with Crippen LogP contribution in [0.5, 0.6) is 5.75 Å². The Morgan fingerprint density at radius 1 is 0.821 bits per heavy atom. The Kier molecular flexibility index (Phi) is 6.22. The van der Waals surface area contributed by atoms with Crippen molar-refractivity contribution in [1.29, 1.82) is 0 Å². The molecule has 28 heavy (non-hydrogen) atoms. The smallest absolute Gasteiger partial charge is 0.260 e. The van der Waals surface area contributed by atoms with Crippen LogP contribution in [0.4, 0.5) is 0 Å². The zero-order chi connectivity index (χ0) is 19.9. The molecule has 0 aliphatic rings. The van der Waals surface area contributed by atoms with Gasteiger partial charge in [-0.2, -0.15) is 0 Å². The first-order chi connectivity index (χ1) is 13.5. The van der Waals surface area contributed by atoms with Crippen LogP contribution in [0, 0.1) is 6.92 Å². The van der Waals surface area contributed by atoms with Crippen LogP contribution in [-0.2, 0) is 11.3 Å². The number of ether oxygens (including phenoxy) is 1. The van der Waals surface area contributed by atoms with Crippen LogP contribution in [-0.4, -0.2) is 30.2 Å². The van der Waals surface area contributed by atoms with E-state index in [9.17, 15) is 9.59 Å². The van der Waals surface area contributed by atoms with Gasteiger partial charge in [0, 0.05) is 24.7 Å². The number of ketones is 1. The van der Waals surface area contributed by atoms with Crippen LogP contribution in [0.15, 0.2) is 78.9 Å². The van der Waals surface area contributed by atoms with Crippen LogP contribution in [0.3, 0.4) is 0 Å². The summed E-state index contributed by atoms with van der Waals surface area (Å²) in [5.41, 5.74) is 3.49. The second kappa shape index (κ2) is 9.00. The van der Waals surface area contributed by atoms with Gasteiger partial charge in [0.05, 0.1) is 0 Å². The molecule has 0 aliphatic carbocycles. The van der Waals surface area contributed by atoms with Gasteiger partial charge in [-0.15, -0.1) is 0 Å². The second-order valence-corrected chi connectivity index (χ2v) is 6.74. The first-order valence-corrected chi connectivity index (χ1v) is 9.15. The molecule has 4 nitrogen and oxygen atoms in total. The summed E-state index contributed by atoms with van der Waals surface area (Å²) in [5.74, 6) is 0.410. The number of hydrogen-bond donors (Lipinski definition) is 0. The largest absolute Gasteiger partial charge is 0.484 e. The highest BCUT2D eigenvalue weighted by Crippen LogP contribution is 2.16. The van der Waals surface area contributed by atoms with Crippen molar-refractivity contribution in [2.24, 2.45) is 0 Å². The van der Waals surface area contributed by atoms with Crippen molar-refractivity contribution in [2.45, 2.75) is 13.5 Å². The number of amides is 1. The molecule has 0 heterocycles. The van der Waals surface area contributed by atoms with Gasteiger partial charge in [-0.05, 0) is 36.8 Å². The van der Waals surface area contributed by atoms with Crippen molar-refractivity contribution >= 4 is 11.7 Å². The van der Waals surface area contributed by atoms with Gasteiger partial charge < -0.3 is 9.64 Å². The Morgan fingerprint density at radius 2 is 1.43 bits per heavy atom. The fourth-order valence-electron chi connectivity index (χ4n) is 2.77. The maximum atomic E-state index is 12.4. The number of aryl methyl sites for hydroxylation is 1. The van der Waals surface area contributed by atoms with E-state index < -0.39 is 0 Å². The summed E-state index contributed by atoms with van der Waals surface area (Å²) in [5, 5.41) is 0.